The van der Waals surface area contributed by atoms with Gasteiger partial charge in [0.15, 0.2) is 0 Å². The molecule has 1 aliphatic heterocycles. The number of para-hydroxylation sites is 2. The molecule has 5 rings (SSSR count). The summed E-state index contributed by atoms with van der Waals surface area (Å²) in [6.07, 6.45) is 1.52. The molecule has 7 heteroatoms. The molecule has 168 valence electrons. The maximum atomic E-state index is 12.1. The van der Waals surface area contributed by atoms with Crippen LogP contribution in [0.15, 0.2) is 112 Å². The fraction of sp³-hybridized carbons (Fsp3) is 0.0357. The molecule has 35 heavy (non-hydrogen) atoms. The summed E-state index contributed by atoms with van der Waals surface area (Å²) < 4.78 is 5.41. The monoisotopic (exact) mass is 495 g/mol. The van der Waals surface area contributed by atoms with Gasteiger partial charge in [0.25, 0.3) is 0 Å². The van der Waals surface area contributed by atoms with Crippen molar-refractivity contribution >= 4 is 51.8 Å². The largest absolute Gasteiger partial charge is 0.437 e. The van der Waals surface area contributed by atoms with Gasteiger partial charge in [-0.3, -0.25) is 0 Å². The molecule has 0 saturated heterocycles. The van der Waals surface area contributed by atoms with Gasteiger partial charge in [0.2, 0.25) is 5.60 Å². The predicted octanol–water partition coefficient (Wildman–Crippen LogP) is 6.88. The second-order valence-electron chi connectivity index (χ2n) is 7.82. The molecule has 1 heterocycles. The minimum absolute atomic E-state index is 0.0253. The molecule has 1 aliphatic carbocycles. The Labute approximate surface area is 212 Å². The molecule has 3 aromatic carbocycles. The molecule has 0 aromatic heterocycles. The Morgan fingerprint density at radius 1 is 0.771 bits per heavy atom. The number of halogens is 2. The van der Waals surface area contributed by atoms with Crippen molar-refractivity contribution in [1.29, 1.82) is 10.5 Å². The van der Waals surface area contributed by atoms with Gasteiger partial charge in [-0.15, -0.1) is 0 Å². The van der Waals surface area contributed by atoms with Crippen molar-refractivity contribution in [3.8, 4) is 12.1 Å². The molecule has 1 atom stereocenters. The first-order valence-corrected chi connectivity index (χ1v) is 11.3. The van der Waals surface area contributed by atoms with E-state index in [2.05, 4.69) is 11.0 Å². The van der Waals surface area contributed by atoms with Crippen LogP contribution in [0.1, 0.15) is 5.56 Å². The number of ether oxygens (including phenoxy) is 1. The first kappa shape index (κ1) is 22.5. The molecule has 1 spiro atoms. The molecule has 0 amide bonds. The highest BCUT2D eigenvalue weighted by atomic mass is 35.5. The summed E-state index contributed by atoms with van der Waals surface area (Å²) in [4.78, 5) is 14.2. The van der Waals surface area contributed by atoms with Crippen molar-refractivity contribution in [2.75, 3.05) is 4.90 Å². The number of rotatable bonds is 4. The number of allylic oxidation sites excluding steroid dienone is 2. The summed E-state index contributed by atoms with van der Waals surface area (Å²) in [5, 5.41) is 19.2. The molecule has 0 saturated carbocycles. The third-order valence-corrected chi connectivity index (χ3v) is 6.81. The van der Waals surface area contributed by atoms with Gasteiger partial charge in [0, 0.05) is 22.6 Å². The van der Waals surface area contributed by atoms with Crippen LogP contribution in [0.2, 0.25) is 0 Å². The first-order chi connectivity index (χ1) is 17.0. The van der Waals surface area contributed by atoms with Crippen molar-refractivity contribution < 1.29 is 9.53 Å². The molecule has 0 fully saturated rings. The average molecular weight is 496 g/mol. The highest BCUT2D eigenvalue weighted by Crippen LogP contribution is 2.53. The maximum absolute atomic E-state index is 12.1. The molecule has 2 aliphatic rings. The number of esters is 1. The minimum atomic E-state index is -1.80. The van der Waals surface area contributed by atoms with Crippen molar-refractivity contribution in [2.45, 2.75) is 5.60 Å². The van der Waals surface area contributed by atoms with E-state index in [0.717, 1.165) is 17.1 Å². The number of hydrogen-bond donors (Lipinski definition) is 0. The van der Waals surface area contributed by atoms with E-state index in [9.17, 15) is 15.3 Å². The van der Waals surface area contributed by atoms with Crippen molar-refractivity contribution in [3.63, 3.8) is 0 Å². The summed E-state index contributed by atoms with van der Waals surface area (Å²) >= 11 is 12.3. The van der Waals surface area contributed by atoms with E-state index in [1.807, 2.05) is 91.0 Å². The number of nitriles is 2. The van der Waals surface area contributed by atoms with E-state index in [1.54, 1.807) is 0 Å². The predicted molar refractivity (Wildman–Crippen MR) is 135 cm³/mol. The fourth-order valence-corrected chi connectivity index (χ4v) is 4.80. The van der Waals surface area contributed by atoms with Crippen LogP contribution in [-0.4, -0.2) is 11.6 Å². The fourth-order valence-electron chi connectivity index (χ4n) is 4.32. The molecule has 3 aromatic rings. The zero-order chi connectivity index (χ0) is 24.6. The van der Waals surface area contributed by atoms with Gasteiger partial charge in [-0.05, 0) is 48.0 Å². The second kappa shape index (κ2) is 8.81. The van der Waals surface area contributed by atoms with Gasteiger partial charge < -0.3 is 9.64 Å². The van der Waals surface area contributed by atoms with Crippen LogP contribution in [0.3, 0.4) is 0 Å². The second-order valence-corrected chi connectivity index (χ2v) is 8.58. The normalized spacial score (nSPS) is 18.9. The average Bonchev–Trinajstić information content (AvgIpc) is 3.34. The zero-order valence-electron chi connectivity index (χ0n) is 18.1. The van der Waals surface area contributed by atoms with E-state index < -0.39 is 11.6 Å². The van der Waals surface area contributed by atoms with Gasteiger partial charge in [-0.1, -0.05) is 71.7 Å². The number of hydrogen-bond acceptors (Lipinski definition) is 5. The Morgan fingerprint density at radius 3 is 1.77 bits per heavy atom. The van der Waals surface area contributed by atoms with E-state index in [0.29, 0.717) is 11.1 Å². The smallest absolute Gasteiger partial charge is 0.352 e. The lowest BCUT2D eigenvalue weighted by Gasteiger charge is -2.25. The topological polar surface area (TPSA) is 77.1 Å². The highest BCUT2D eigenvalue weighted by Gasteiger charge is 2.56. The van der Waals surface area contributed by atoms with Crippen LogP contribution in [0.4, 0.5) is 17.1 Å². The Hall–Kier alpha value is -4.29. The molecular formula is C28H15Cl2N3O2. The van der Waals surface area contributed by atoms with Gasteiger partial charge in [-0.25, -0.2) is 4.79 Å². The van der Waals surface area contributed by atoms with Crippen molar-refractivity contribution in [1.82, 2.24) is 0 Å². The van der Waals surface area contributed by atoms with E-state index >= 15 is 0 Å². The summed E-state index contributed by atoms with van der Waals surface area (Å²) in [6.45, 7) is 0. The third-order valence-electron chi connectivity index (χ3n) is 5.91. The standard InChI is InChI=1S/C28H15Cl2N3O2/c29-25-26(30)28(35-27(25)34)19(16-31)15-23(24(28)17-32)18-11-13-22(14-12-18)33(20-7-3-1-4-8-20)21-9-5-2-6-10-21/h1-15H. The SMILES string of the molecule is N#CC1=CC(c2ccc(N(c3ccccc3)c3ccccc3)cc2)=C(C#N)C12OC(=O)C(Cl)=C2Cl. The van der Waals surface area contributed by atoms with Gasteiger partial charge in [0.05, 0.1) is 22.2 Å². The summed E-state index contributed by atoms with van der Waals surface area (Å²) in [5.41, 5.74) is 2.25. The van der Waals surface area contributed by atoms with E-state index in [4.69, 9.17) is 27.9 Å². The van der Waals surface area contributed by atoms with Crippen LogP contribution in [-0.2, 0) is 9.53 Å². The lowest BCUT2D eigenvalue weighted by molar-refractivity contribution is -0.141. The first-order valence-electron chi connectivity index (χ1n) is 10.6. The summed E-state index contributed by atoms with van der Waals surface area (Å²) in [7, 11) is 0. The molecule has 5 nitrogen and oxygen atoms in total. The molecular weight excluding hydrogens is 481 g/mol. The Bertz CT molecular complexity index is 1470. The zero-order valence-corrected chi connectivity index (χ0v) is 19.6. The lowest BCUT2D eigenvalue weighted by atomic mass is 9.89. The van der Waals surface area contributed by atoms with Crippen molar-refractivity contribution in [2.24, 2.45) is 0 Å². The minimum Gasteiger partial charge on any atom is -0.437 e. The van der Waals surface area contributed by atoms with Crippen LogP contribution < -0.4 is 4.90 Å². The van der Waals surface area contributed by atoms with Crippen LogP contribution in [0.5, 0.6) is 0 Å². The van der Waals surface area contributed by atoms with Crippen LogP contribution in [0.25, 0.3) is 5.57 Å². The molecule has 0 N–H and O–H groups in total. The number of carbonyl (C=O) groups is 1. The van der Waals surface area contributed by atoms with Gasteiger partial charge >= 0.3 is 5.97 Å². The Morgan fingerprint density at radius 2 is 1.31 bits per heavy atom. The Balaban J connectivity index is 1.61. The highest BCUT2D eigenvalue weighted by molar-refractivity contribution is 6.49. The van der Waals surface area contributed by atoms with E-state index in [-0.39, 0.29) is 21.2 Å². The molecule has 1 unspecified atom stereocenters. The number of anilines is 3. The third kappa shape index (κ3) is 3.50. The maximum Gasteiger partial charge on any atom is 0.352 e. The Kier molecular flexibility index (Phi) is 5.67. The number of carbonyl (C=O) groups excluding carboxylic acids is 1. The van der Waals surface area contributed by atoms with Gasteiger partial charge in [0.1, 0.15) is 11.1 Å². The number of benzene rings is 3. The van der Waals surface area contributed by atoms with E-state index in [1.165, 1.54) is 6.08 Å². The van der Waals surface area contributed by atoms with Crippen molar-refractivity contribution in [3.05, 3.63) is 118 Å². The number of nitrogens with zero attached hydrogens (tertiary/aromatic N) is 3. The molecule has 0 radical (unpaired) electrons. The summed E-state index contributed by atoms with van der Waals surface area (Å²) in [6, 6.07) is 31.5. The summed E-state index contributed by atoms with van der Waals surface area (Å²) in [5.74, 6) is -0.872. The quantitative estimate of drug-likeness (QED) is 0.368. The lowest BCUT2D eigenvalue weighted by Crippen LogP contribution is -2.32. The molecule has 0 bridgehead atoms. The van der Waals surface area contributed by atoms with Gasteiger partial charge in [-0.2, -0.15) is 10.5 Å². The van der Waals surface area contributed by atoms with Crippen LogP contribution >= 0.6 is 23.2 Å². The van der Waals surface area contributed by atoms with Crippen LogP contribution in [0, 0.1) is 22.7 Å².